The summed E-state index contributed by atoms with van der Waals surface area (Å²) in [5.41, 5.74) is 3.87. The fourth-order valence-electron chi connectivity index (χ4n) is 9.16. The van der Waals surface area contributed by atoms with E-state index in [0.717, 1.165) is 28.8 Å². The Morgan fingerprint density at radius 1 is 0.708 bits per heavy atom. The number of unbranched alkanes of at least 4 members (excludes halogenated alkanes) is 2. The number of nitrogens with zero attached hydrogens (tertiary/aromatic N) is 3. The molecule has 0 radical (unpaired) electrons. The van der Waals surface area contributed by atoms with Crippen LogP contribution in [0, 0.1) is 5.92 Å². The zero-order valence-electron chi connectivity index (χ0n) is 37.7. The van der Waals surface area contributed by atoms with Gasteiger partial charge in [0.2, 0.25) is 11.8 Å². The van der Waals surface area contributed by atoms with Crippen LogP contribution in [0.2, 0.25) is 0 Å². The molecule has 6 N–H and O–H groups in total. The maximum Gasteiger partial charge on any atom is 0.264 e. The van der Waals surface area contributed by atoms with Gasteiger partial charge < -0.3 is 45.4 Å². The van der Waals surface area contributed by atoms with E-state index in [9.17, 15) is 34.8 Å². The van der Waals surface area contributed by atoms with Gasteiger partial charge in [-0.2, -0.15) is 0 Å². The lowest BCUT2D eigenvalue weighted by Gasteiger charge is -2.35. The van der Waals surface area contributed by atoms with Crippen molar-refractivity contribution in [2.45, 2.75) is 89.9 Å². The van der Waals surface area contributed by atoms with Gasteiger partial charge in [0.1, 0.15) is 11.5 Å². The van der Waals surface area contributed by atoms with Gasteiger partial charge in [-0.05, 0) is 155 Å². The lowest BCUT2D eigenvalue weighted by atomic mass is 9.82. The van der Waals surface area contributed by atoms with Crippen LogP contribution in [0.4, 0.5) is 28.4 Å². The number of aliphatic hydroxyl groups is 4. The van der Waals surface area contributed by atoms with Crippen molar-refractivity contribution < 1.29 is 44.3 Å². The van der Waals surface area contributed by atoms with Gasteiger partial charge in [-0.15, -0.1) is 0 Å². The normalized spacial score (nSPS) is 19.7. The summed E-state index contributed by atoms with van der Waals surface area (Å²) >= 11 is 0. The Kier molecular flexibility index (Phi) is 15.7. The molecule has 14 nitrogen and oxygen atoms in total. The number of carbonyl (C=O) groups excluding carboxylic acids is 3. The van der Waals surface area contributed by atoms with Gasteiger partial charge in [0, 0.05) is 42.7 Å². The van der Waals surface area contributed by atoms with Crippen molar-refractivity contribution >= 4 is 46.2 Å². The van der Waals surface area contributed by atoms with E-state index < -0.39 is 29.5 Å². The molecule has 0 aliphatic carbocycles. The topological polar surface area (TPSA) is 184 Å². The van der Waals surface area contributed by atoms with Gasteiger partial charge in [-0.3, -0.25) is 24.2 Å². The van der Waals surface area contributed by atoms with E-state index in [2.05, 4.69) is 10.6 Å². The molecule has 3 aliphatic rings. The fraction of sp³-hybridized carbons (Fsp3) is 0.431. The first kappa shape index (κ1) is 47.4. The highest BCUT2D eigenvalue weighted by molar-refractivity contribution is 6.10. The second-order valence-electron chi connectivity index (χ2n) is 16.8. The molecule has 0 bridgehead atoms. The van der Waals surface area contributed by atoms with E-state index >= 15 is 0 Å². The Bertz CT molecular complexity index is 2350. The van der Waals surface area contributed by atoms with Crippen LogP contribution >= 0.6 is 0 Å². The summed E-state index contributed by atoms with van der Waals surface area (Å²) in [5, 5.41) is 47.8. The molecular weight excluding hydrogens is 827 g/mol. The SMILES string of the molecule is CCOc1ccc2c(c1)CC(NCCCCO)C(=O)N2c1cccc(CN2C(=O)[C@](O)([C@H](C)/C=C/CCO)c3cc(N4C(=O)C(NCCCCO)Cc5cc(OCC)ccc54)ccc32)c1. The predicted molar refractivity (Wildman–Crippen MR) is 251 cm³/mol. The number of benzene rings is 4. The predicted octanol–water partition coefficient (Wildman–Crippen LogP) is 5.70. The third kappa shape index (κ3) is 9.98. The van der Waals surface area contributed by atoms with Crippen molar-refractivity contribution in [3.05, 3.63) is 113 Å². The number of anilines is 5. The highest BCUT2D eigenvalue weighted by atomic mass is 16.5. The number of nitrogens with one attached hydrogen (secondary N) is 2. The fourth-order valence-corrected chi connectivity index (χ4v) is 9.16. The standard InChI is InChI=1S/C51H63N5O9/c1-4-64-40-17-20-45-36(28-40)30-43(52-22-7-10-25-58)48(60)55(45)38-15-12-14-35(27-38)33-54-47-19-16-39(32-42(47)51(63,50(54)62)34(3)13-6-9-24-57)56-46-21-18-41(65-5-2)29-37(46)31-44(49(56)61)53-23-8-11-26-59/h6,12-21,27-29,32,34,43-44,52-53,57-59,63H,4-5,7-11,22-26,30-31,33H2,1-3H3/b13-6+/t34-,43?,44?,51+/m1/s1. The van der Waals surface area contributed by atoms with Crippen molar-refractivity contribution in [2.75, 3.05) is 60.8 Å². The number of ether oxygens (including phenoxy) is 2. The number of hydrogen-bond donors (Lipinski definition) is 6. The summed E-state index contributed by atoms with van der Waals surface area (Å²) in [6.45, 7) is 7.82. The minimum absolute atomic E-state index is 0.0634. The van der Waals surface area contributed by atoms with Crippen LogP contribution < -0.4 is 34.8 Å². The second kappa shape index (κ2) is 21.6. The summed E-state index contributed by atoms with van der Waals surface area (Å²) in [4.78, 5) is 48.6. The Balaban J connectivity index is 1.26. The molecule has 346 valence electrons. The monoisotopic (exact) mass is 889 g/mol. The molecule has 0 saturated heterocycles. The van der Waals surface area contributed by atoms with Crippen LogP contribution in [0.15, 0.2) is 91.0 Å². The van der Waals surface area contributed by atoms with E-state index in [-0.39, 0.29) is 38.2 Å². The highest BCUT2D eigenvalue weighted by Gasteiger charge is 2.53. The average molecular weight is 890 g/mol. The van der Waals surface area contributed by atoms with E-state index in [1.165, 1.54) is 0 Å². The molecule has 2 unspecified atom stereocenters. The molecule has 0 spiro atoms. The number of hydrogen-bond acceptors (Lipinski definition) is 11. The van der Waals surface area contributed by atoms with Gasteiger partial charge in [-0.1, -0.05) is 31.2 Å². The van der Waals surface area contributed by atoms with Gasteiger partial charge in [0.25, 0.3) is 5.91 Å². The van der Waals surface area contributed by atoms with Crippen LogP contribution in [-0.4, -0.2) is 96.4 Å². The Hall–Kier alpha value is -5.61. The number of aliphatic hydroxyl groups excluding tert-OH is 3. The molecule has 65 heavy (non-hydrogen) atoms. The van der Waals surface area contributed by atoms with Gasteiger partial charge in [0.05, 0.1) is 48.9 Å². The van der Waals surface area contributed by atoms with Crippen molar-refractivity contribution in [3.8, 4) is 11.5 Å². The Labute approximate surface area is 381 Å². The van der Waals surface area contributed by atoms with E-state index in [0.29, 0.717) is 105 Å². The number of carbonyl (C=O) groups is 3. The first-order valence-electron chi connectivity index (χ1n) is 23.0. The molecule has 3 heterocycles. The highest BCUT2D eigenvalue weighted by Crippen LogP contribution is 2.49. The zero-order chi connectivity index (χ0) is 46.1. The molecular formula is C51H63N5O9. The zero-order valence-corrected chi connectivity index (χ0v) is 37.7. The minimum Gasteiger partial charge on any atom is -0.494 e. The van der Waals surface area contributed by atoms with Crippen molar-refractivity contribution in [3.63, 3.8) is 0 Å². The Morgan fingerprint density at radius 3 is 1.80 bits per heavy atom. The van der Waals surface area contributed by atoms with Gasteiger partial charge in [-0.25, -0.2) is 0 Å². The van der Waals surface area contributed by atoms with Crippen molar-refractivity contribution in [1.82, 2.24) is 10.6 Å². The number of rotatable bonds is 22. The lowest BCUT2D eigenvalue weighted by Crippen LogP contribution is -2.49. The molecule has 4 atom stereocenters. The number of amides is 3. The molecule has 14 heteroatoms. The smallest absolute Gasteiger partial charge is 0.264 e. The van der Waals surface area contributed by atoms with Crippen LogP contribution in [0.25, 0.3) is 0 Å². The Morgan fingerprint density at radius 2 is 1.26 bits per heavy atom. The number of fused-ring (bicyclic) bond motifs is 3. The largest absolute Gasteiger partial charge is 0.494 e. The first-order chi connectivity index (χ1) is 31.6. The van der Waals surface area contributed by atoms with E-state index in [1.54, 1.807) is 52.0 Å². The summed E-state index contributed by atoms with van der Waals surface area (Å²) in [5.74, 6) is -0.175. The molecule has 7 rings (SSSR count). The summed E-state index contributed by atoms with van der Waals surface area (Å²) in [6.07, 6.45) is 7.39. The average Bonchev–Trinajstić information content (AvgIpc) is 3.51. The van der Waals surface area contributed by atoms with Crippen LogP contribution in [0.3, 0.4) is 0 Å². The van der Waals surface area contributed by atoms with Gasteiger partial charge in [0.15, 0.2) is 5.60 Å². The van der Waals surface area contributed by atoms with Gasteiger partial charge >= 0.3 is 0 Å². The first-order valence-corrected chi connectivity index (χ1v) is 23.0. The van der Waals surface area contributed by atoms with Crippen LogP contribution in [-0.2, 0) is 39.4 Å². The maximum atomic E-state index is 14.9. The van der Waals surface area contributed by atoms with E-state index in [4.69, 9.17) is 9.47 Å². The second-order valence-corrected chi connectivity index (χ2v) is 16.8. The molecule has 0 aromatic heterocycles. The molecule has 3 aliphatic heterocycles. The minimum atomic E-state index is -2.04. The molecule has 0 fully saturated rings. The summed E-state index contributed by atoms with van der Waals surface area (Å²) in [6, 6.07) is 23.1. The maximum absolute atomic E-state index is 14.9. The third-order valence-electron chi connectivity index (χ3n) is 12.4. The molecule has 4 aromatic rings. The van der Waals surface area contributed by atoms with Crippen LogP contribution in [0.1, 0.15) is 75.1 Å². The quantitative estimate of drug-likeness (QED) is 0.0421. The molecule has 0 saturated carbocycles. The van der Waals surface area contributed by atoms with Crippen molar-refractivity contribution in [2.24, 2.45) is 5.92 Å². The molecule has 4 aromatic carbocycles. The summed E-state index contributed by atoms with van der Waals surface area (Å²) < 4.78 is 11.7. The van der Waals surface area contributed by atoms with E-state index in [1.807, 2.05) is 74.5 Å². The lowest BCUT2D eigenvalue weighted by molar-refractivity contribution is -0.139. The third-order valence-corrected chi connectivity index (χ3v) is 12.4. The summed E-state index contributed by atoms with van der Waals surface area (Å²) in [7, 11) is 0. The molecule has 3 amide bonds. The van der Waals surface area contributed by atoms with Crippen molar-refractivity contribution in [1.29, 1.82) is 0 Å². The van der Waals surface area contributed by atoms with Crippen LogP contribution in [0.5, 0.6) is 11.5 Å².